The topological polar surface area (TPSA) is 44.8 Å². The minimum Gasteiger partial charge on any atom is -0.493 e. The molecular weight excluding hydrogens is 316 g/mol. The maximum Gasteiger partial charge on any atom is 0.311 e. The van der Waals surface area contributed by atoms with Gasteiger partial charge in [0.1, 0.15) is 5.75 Å². The van der Waals surface area contributed by atoms with Gasteiger partial charge in [-0.25, -0.2) is 0 Å². The highest BCUT2D eigenvalue weighted by Gasteiger charge is 2.09. The highest BCUT2D eigenvalue weighted by atomic mass is 16.5. The van der Waals surface area contributed by atoms with E-state index in [4.69, 9.17) is 14.2 Å². The molecule has 0 saturated carbocycles. The quantitative estimate of drug-likeness (QED) is 0.513. The third-order valence-electron chi connectivity index (χ3n) is 3.92. The summed E-state index contributed by atoms with van der Waals surface area (Å²) in [5, 5.41) is 0. The molecule has 0 bridgehead atoms. The van der Waals surface area contributed by atoms with Crippen LogP contribution in [0.2, 0.25) is 0 Å². The molecule has 0 radical (unpaired) electrons. The minimum atomic E-state index is -0.245. The number of carbonyl (C=O) groups is 1. The Morgan fingerprint density at radius 2 is 1.76 bits per heavy atom. The summed E-state index contributed by atoms with van der Waals surface area (Å²) in [6.45, 7) is 6.77. The van der Waals surface area contributed by atoms with Crippen molar-refractivity contribution >= 4 is 5.97 Å². The van der Waals surface area contributed by atoms with Gasteiger partial charge in [-0.05, 0) is 54.7 Å². The van der Waals surface area contributed by atoms with Crippen molar-refractivity contribution < 1.29 is 19.0 Å². The molecule has 2 aromatic rings. The molecule has 0 N–H and O–H groups in total. The predicted molar refractivity (Wildman–Crippen MR) is 98.7 cm³/mol. The Hall–Kier alpha value is -2.49. The van der Waals surface area contributed by atoms with E-state index in [2.05, 4.69) is 13.8 Å². The largest absolute Gasteiger partial charge is 0.493 e. The van der Waals surface area contributed by atoms with Gasteiger partial charge in [0.15, 0.2) is 11.5 Å². The van der Waals surface area contributed by atoms with Gasteiger partial charge >= 0.3 is 5.97 Å². The van der Waals surface area contributed by atoms with E-state index in [0.717, 1.165) is 5.56 Å². The van der Waals surface area contributed by atoms with Crippen LogP contribution in [-0.4, -0.2) is 19.7 Å². The van der Waals surface area contributed by atoms with Crippen LogP contribution in [0, 0.1) is 0 Å². The van der Waals surface area contributed by atoms with Gasteiger partial charge in [-0.3, -0.25) is 4.79 Å². The molecule has 2 rings (SSSR count). The molecule has 4 nitrogen and oxygen atoms in total. The fourth-order valence-electron chi connectivity index (χ4n) is 2.49. The highest BCUT2D eigenvalue weighted by Crippen LogP contribution is 2.28. The number of ether oxygens (including phenoxy) is 3. The lowest BCUT2D eigenvalue weighted by molar-refractivity contribution is -0.134. The van der Waals surface area contributed by atoms with Crippen LogP contribution in [0.1, 0.15) is 44.2 Å². The molecule has 4 heteroatoms. The summed E-state index contributed by atoms with van der Waals surface area (Å²) >= 11 is 0. The number of hydrogen-bond donors (Lipinski definition) is 0. The van der Waals surface area contributed by atoms with Gasteiger partial charge < -0.3 is 14.2 Å². The number of benzene rings is 2. The van der Waals surface area contributed by atoms with Gasteiger partial charge in [0, 0.05) is 6.42 Å². The molecule has 0 saturated heterocycles. The smallest absolute Gasteiger partial charge is 0.311 e. The lowest BCUT2D eigenvalue weighted by Crippen LogP contribution is -2.09. The molecule has 134 valence electrons. The molecule has 0 unspecified atom stereocenters. The number of methoxy groups -OCH3 is 1. The van der Waals surface area contributed by atoms with Gasteiger partial charge in [0.2, 0.25) is 0 Å². The van der Waals surface area contributed by atoms with Crippen molar-refractivity contribution in [3.8, 4) is 17.2 Å². The van der Waals surface area contributed by atoms with Crippen molar-refractivity contribution in [1.29, 1.82) is 0 Å². The summed E-state index contributed by atoms with van der Waals surface area (Å²) < 4.78 is 16.2. The summed E-state index contributed by atoms with van der Waals surface area (Å²) in [7, 11) is 1.61. The zero-order valence-corrected chi connectivity index (χ0v) is 15.4. The number of rotatable bonds is 8. The van der Waals surface area contributed by atoms with Crippen molar-refractivity contribution in [2.45, 2.75) is 39.5 Å². The normalized spacial score (nSPS) is 10.6. The second-order valence-corrected chi connectivity index (χ2v) is 6.12. The molecule has 0 fully saturated rings. The van der Waals surface area contributed by atoms with Crippen LogP contribution < -0.4 is 14.2 Å². The van der Waals surface area contributed by atoms with Crippen LogP contribution >= 0.6 is 0 Å². The van der Waals surface area contributed by atoms with Crippen LogP contribution in [0.25, 0.3) is 0 Å². The minimum absolute atomic E-state index is 0.245. The molecular formula is C21H26O4. The van der Waals surface area contributed by atoms with Crippen molar-refractivity contribution in [3.63, 3.8) is 0 Å². The average molecular weight is 342 g/mol. The molecule has 25 heavy (non-hydrogen) atoms. The van der Waals surface area contributed by atoms with Crippen LogP contribution in [0.15, 0.2) is 42.5 Å². The third kappa shape index (κ3) is 5.52. The zero-order valence-electron chi connectivity index (χ0n) is 15.4. The predicted octanol–water partition coefficient (Wildman–Crippen LogP) is 4.76. The van der Waals surface area contributed by atoms with E-state index in [1.54, 1.807) is 7.11 Å². The molecule has 0 spiro atoms. The van der Waals surface area contributed by atoms with Gasteiger partial charge in [-0.1, -0.05) is 32.0 Å². The van der Waals surface area contributed by atoms with E-state index in [-0.39, 0.29) is 5.97 Å². The Balaban J connectivity index is 1.91. The lowest BCUT2D eigenvalue weighted by Gasteiger charge is -2.11. The first-order valence-corrected chi connectivity index (χ1v) is 8.63. The summed E-state index contributed by atoms with van der Waals surface area (Å²) in [6.07, 6.45) is 0.898. The zero-order chi connectivity index (χ0) is 18.2. The van der Waals surface area contributed by atoms with E-state index < -0.39 is 0 Å². The van der Waals surface area contributed by atoms with Crippen molar-refractivity contribution in [1.82, 2.24) is 0 Å². The van der Waals surface area contributed by atoms with Crippen LogP contribution in [-0.2, 0) is 11.2 Å². The maximum atomic E-state index is 12.1. The summed E-state index contributed by atoms with van der Waals surface area (Å²) in [5.41, 5.74) is 2.23. The molecule has 0 heterocycles. The van der Waals surface area contributed by atoms with E-state index in [0.29, 0.717) is 42.6 Å². The monoisotopic (exact) mass is 342 g/mol. The Morgan fingerprint density at radius 3 is 2.36 bits per heavy atom. The SMILES string of the molecule is CCOc1ccc(CCC(=O)Oc2ccc(C(C)C)cc2)cc1OC. The maximum absolute atomic E-state index is 12.1. The molecule has 2 aromatic carbocycles. The number of esters is 1. The summed E-state index contributed by atoms with van der Waals surface area (Å²) in [6, 6.07) is 13.4. The van der Waals surface area contributed by atoms with Crippen LogP contribution in [0.5, 0.6) is 17.2 Å². The first-order chi connectivity index (χ1) is 12.0. The summed E-state index contributed by atoms with van der Waals surface area (Å²) in [5.74, 6) is 2.18. The average Bonchev–Trinajstić information content (AvgIpc) is 2.61. The second-order valence-electron chi connectivity index (χ2n) is 6.12. The second kappa shape index (κ2) is 9.11. The number of hydrogen-bond acceptors (Lipinski definition) is 4. The fraction of sp³-hybridized carbons (Fsp3) is 0.381. The van der Waals surface area contributed by atoms with Gasteiger partial charge in [-0.15, -0.1) is 0 Å². The first-order valence-electron chi connectivity index (χ1n) is 8.63. The van der Waals surface area contributed by atoms with E-state index in [1.165, 1.54) is 5.56 Å². The molecule has 0 atom stereocenters. The van der Waals surface area contributed by atoms with Crippen LogP contribution in [0.3, 0.4) is 0 Å². The number of aryl methyl sites for hydroxylation is 1. The molecule has 0 amide bonds. The van der Waals surface area contributed by atoms with Crippen LogP contribution in [0.4, 0.5) is 0 Å². The van der Waals surface area contributed by atoms with Crippen molar-refractivity contribution in [2.75, 3.05) is 13.7 Å². The van der Waals surface area contributed by atoms with Gasteiger partial charge in [0.05, 0.1) is 13.7 Å². The van der Waals surface area contributed by atoms with Gasteiger partial charge in [-0.2, -0.15) is 0 Å². The Morgan fingerprint density at radius 1 is 1.04 bits per heavy atom. The van der Waals surface area contributed by atoms with E-state index in [9.17, 15) is 4.79 Å². The highest BCUT2D eigenvalue weighted by molar-refractivity contribution is 5.72. The first kappa shape index (κ1) is 18.8. The van der Waals surface area contributed by atoms with Crippen molar-refractivity contribution in [2.24, 2.45) is 0 Å². The summed E-state index contributed by atoms with van der Waals surface area (Å²) in [4.78, 5) is 12.1. The molecule has 0 aliphatic carbocycles. The molecule has 0 aliphatic heterocycles. The van der Waals surface area contributed by atoms with E-state index in [1.807, 2.05) is 49.4 Å². The Kier molecular flexibility index (Phi) is 6.87. The van der Waals surface area contributed by atoms with Gasteiger partial charge in [0.25, 0.3) is 0 Å². The molecule has 0 aromatic heterocycles. The Labute approximate surface area is 149 Å². The number of carbonyl (C=O) groups excluding carboxylic acids is 1. The van der Waals surface area contributed by atoms with E-state index >= 15 is 0 Å². The standard InChI is InChI=1S/C21H26O4/c1-5-24-19-12-6-16(14-20(19)23-4)7-13-21(22)25-18-10-8-17(9-11-18)15(2)3/h6,8-12,14-15H,5,7,13H2,1-4H3. The lowest BCUT2D eigenvalue weighted by atomic mass is 10.0. The third-order valence-corrected chi connectivity index (χ3v) is 3.92. The van der Waals surface area contributed by atoms with Crippen molar-refractivity contribution in [3.05, 3.63) is 53.6 Å². The Bertz CT molecular complexity index is 690. The fourth-order valence-corrected chi connectivity index (χ4v) is 2.49. The molecule has 0 aliphatic rings.